The number of para-hydroxylation sites is 1. The van der Waals surface area contributed by atoms with Gasteiger partial charge < -0.3 is 4.90 Å². The van der Waals surface area contributed by atoms with Gasteiger partial charge in [-0.25, -0.2) is 0 Å². The van der Waals surface area contributed by atoms with E-state index < -0.39 is 0 Å². The summed E-state index contributed by atoms with van der Waals surface area (Å²) in [5.74, 6) is 0. The molecule has 12 rings (SSSR count). The van der Waals surface area contributed by atoms with E-state index in [1.54, 1.807) is 0 Å². The van der Waals surface area contributed by atoms with E-state index in [2.05, 4.69) is 205 Å². The molecule has 0 N–H and O–H groups in total. The van der Waals surface area contributed by atoms with Gasteiger partial charge in [-0.15, -0.1) is 22.7 Å². The zero-order chi connectivity index (χ0) is 37.5. The minimum absolute atomic E-state index is 1.13. The largest absolute Gasteiger partial charge is 0.309 e. The molecule has 266 valence electrons. The Balaban J connectivity index is 1.22. The van der Waals surface area contributed by atoms with Gasteiger partial charge in [-0.05, 0) is 74.5 Å². The SMILES string of the molecule is c1ccc(N(c2ccc3c(c2)sc2ccccc23)c2c(-c3cccc4ccccc34)c3ccccc3c3ccccc23)c(-c2ccc3c(c2)sc2ccccc23)c1. The zero-order valence-electron chi connectivity index (χ0n) is 30.8. The molecule has 0 atom stereocenters. The van der Waals surface area contributed by atoms with Crippen molar-refractivity contribution in [1.82, 2.24) is 0 Å². The van der Waals surface area contributed by atoms with Gasteiger partial charge in [0, 0.05) is 62.5 Å². The van der Waals surface area contributed by atoms with Gasteiger partial charge in [0.15, 0.2) is 0 Å². The summed E-state index contributed by atoms with van der Waals surface area (Å²) in [5, 5.41) is 12.6. The molecule has 0 saturated carbocycles. The van der Waals surface area contributed by atoms with Crippen LogP contribution in [0.15, 0.2) is 200 Å². The van der Waals surface area contributed by atoms with Crippen molar-refractivity contribution < 1.29 is 0 Å². The van der Waals surface area contributed by atoms with Gasteiger partial charge in [0.1, 0.15) is 0 Å². The van der Waals surface area contributed by atoms with Crippen molar-refractivity contribution in [2.45, 2.75) is 0 Å². The van der Waals surface area contributed by atoms with E-state index in [4.69, 9.17) is 0 Å². The van der Waals surface area contributed by atoms with E-state index in [9.17, 15) is 0 Å². The smallest absolute Gasteiger partial charge is 0.0625 e. The number of nitrogens with zero attached hydrogens (tertiary/aromatic N) is 1. The van der Waals surface area contributed by atoms with Crippen LogP contribution < -0.4 is 4.90 Å². The molecule has 0 aliphatic rings. The van der Waals surface area contributed by atoms with Gasteiger partial charge in [0.2, 0.25) is 0 Å². The number of anilines is 3. The second-order valence-corrected chi connectivity index (χ2v) is 16.9. The van der Waals surface area contributed by atoms with Crippen LogP contribution in [0.25, 0.3) is 94.9 Å². The Kier molecular flexibility index (Phi) is 7.34. The molecule has 0 fully saturated rings. The third-order valence-corrected chi connectivity index (χ3v) is 13.9. The summed E-state index contributed by atoms with van der Waals surface area (Å²) in [6.07, 6.45) is 0. The number of thiophene rings is 2. The van der Waals surface area contributed by atoms with Gasteiger partial charge in [-0.2, -0.15) is 0 Å². The molecule has 10 aromatic carbocycles. The van der Waals surface area contributed by atoms with Crippen LogP contribution in [0.3, 0.4) is 0 Å². The molecule has 0 saturated heterocycles. The second-order valence-electron chi connectivity index (χ2n) is 14.8. The van der Waals surface area contributed by atoms with Crippen LogP contribution >= 0.6 is 22.7 Å². The fraction of sp³-hybridized carbons (Fsp3) is 0. The first-order chi connectivity index (χ1) is 28.3. The molecule has 2 heterocycles. The third kappa shape index (κ3) is 5.06. The summed E-state index contributed by atoms with van der Waals surface area (Å²) < 4.78 is 5.20. The van der Waals surface area contributed by atoms with Crippen molar-refractivity contribution >= 4 is 112 Å². The number of fused-ring (bicyclic) bond motifs is 10. The second kappa shape index (κ2) is 12.9. The highest BCUT2D eigenvalue weighted by Crippen LogP contribution is 2.53. The van der Waals surface area contributed by atoms with E-state index in [0.29, 0.717) is 0 Å². The van der Waals surface area contributed by atoms with Crippen LogP contribution in [0.1, 0.15) is 0 Å². The molecular weight excluding hydrogens is 727 g/mol. The maximum absolute atomic E-state index is 2.57. The molecular formula is C54H33NS2. The first-order valence-corrected chi connectivity index (χ1v) is 21.1. The minimum atomic E-state index is 1.13. The van der Waals surface area contributed by atoms with Crippen molar-refractivity contribution in [3.05, 3.63) is 200 Å². The Labute approximate surface area is 337 Å². The number of hydrogen-bond acceptors (Lipinski definition) is 3. The summed E-state index contributed by atoms with van der Waals surface area (Å²) in [6, 6.07) is 74.2. The average molecular weight is 760 g/mol. The molecule has 0 bridgehead atoms. The predicted octanol–water partition coefficient (Wildman–Crippen LogP) is 16.7. The quantitative estimate of drug-likeness (QED) is 0.158. The molecule has 0 aliphatic heterocycles. The molecule has 3 heteroatoms. The lowest BCUT2D eigenvalue weighted by molar-refractivity contribution is 1.31. The summed E-state index contributed by atoms with van der Waals surface area (Å²) in [5.41, 5.74) is 8.29. The molecule has 1 nitrogen and oxygen atoms in total. The van der Waals surface area contributed by atoms with Crippen molar-refractivity contribution in [2.24, 2.45) is 0 Å². The topological polar surface area (TPSA) is 3.24 Å². The van der Waals surface area contributed by atoms with Crippen LogP contribution in [0.2, 0.25) is 0 Å². The number of hydrogen-bond donors (Lipinski definition) is 0. The summed E-state index contributed by atoms with van der Waals surface area (Å²) in [4.78, 5) is 2.57. The minimum Gasteiger partial charge on any atom is -0.309 e. The zero-order valence-corrected chi connectivity index (χ0v) is 32.4. The Hall–Kier alpha value is -6.78. The molecule has 12 aromatic rings. The highest BCUT2D eigenvalue weighted by molar-refractivity contribution is 7.26. The van der Waals surface area contributed by atoms with Gasteiger partial charge in [0.25, 0.3) is 0 Å². The van der Waals surface area contributed by atoms with E-state index in [1.165, 1.54) is 101 Å². The number of rotatable bonds is 5. The van der Waals surface area contributed by atoms with Crippen LogP contribution in [-0.2, 0) is 0 Å². The fourth-order valence-electron chi connectivity index (χ4n) is 9.12. The highest BCUT2D eigenvalue weighted by atomic mass is 32.1. The molecule has 0 unspecified atom stereocenters. The Bertz CT molecular complexity index is 3550. The third-order valence-electron chi connectivity index (χ3n) is 11.6. The molecule has 57 heavy (non-hydrogen) atoms. The van der Waals surface area contributed by atoms with Gasteiger partial charge in [-0.1, -0.05) is 164 Å². The van der Waals surface area contributed by atoms with E-state index in [0.717, 1.165) is 11.4 Å². The molecule has 0 spiro atoms. The van der Waals surface area contributed by atoms with Crippen molar-refractivity contribution in [3.63, 3.8) is 0 Å². The van der Waals surface area contributed by atoms with Gasteiger partial charge >= 0.3 is 0 Å². The normalized spacial score (nSPS) is 11.9. The van der Waals surface area contributed by atoms with Crippen LogP contribution in [-0.4, -0.2) is 0 Å². The summed E-state index contributed by atoms with van der Waals surface area (Å²) >= 11 is 3.74. The van der Waals surface area contributed by atoms with Gasteiger partial charge in [0.05, 0.1) is 11.4 Å². The van der Waals surface area contributed by atoms with Crippen LogP contribution in [0.4, 0.5) is 17.1 Å². The van der Waals surface area contributed by atoms with E-state index in [-0.39, 0.29) is 0 Å². The van der Waals surface area contributed by atoms with Crippen molar-refractivity contribution in [2.75, 3.05) is 4.90 Å². The average Bonchev–Trinajstić information content (AvgIpc) is 3.84. The standard InChI is InChI=1S/C54H33NS2/c1-2-16-37-34(14-1)15-13-24-45(37)53-46-22-5-3-18-39(46)40-19-4-6-23-47(40)54(53)55(36-29-31-44-42-21-9-12-27-50(42)57-52(44)33-36)48-25-10-7-17-38(48)35-28-30-43-41-20-8-11-26-49(41)56-51(43)32-35/h1-33H. The van der Waals surface area contributed by atoms with Crippen LogP contribution in [0.5, 0.6) is 0 Å². The Morgan fingerprint density at radius 3 is 1.58 bits per heavy atom. The lowest BCUT2D eigenvalue weighted by Gasteiger charge is -2.32. The van der Waals surface area contributed by atoms with Crippen molar-refractivity contribution in [3.8, 4) is 22.3 Å². The molecule has 0 aliphatic carbocycles. The maximum Gasteiger partial charge on any atom is 0.0625 e. The number of benzene rings is 10. The monoisotopic (exact) mass is 759 g/mol. The van der Waals surface area contributed by atoms with Crippen LogP contribution in [0, 0.1) is 0 Å². The van der Waals surface area contributed by atoms with E-state index >= 15 is 0 Å². The Morgan fingerprint density at radius 2 is 0.825 bits per heavy atom. The molecule has 0 amide bonds. The van der Waals surface area contributed by atoms with Gasteiger partial charge in [-0.3, -0.25) is 0 Å². The summed E-state index contributed by atoms with van der Waals surface area (Å²) in [6.45, 7) is 0. The fourth-order valence-corrected chi connectivity index (χ4v) is 11.4. The maximum atomic E-state index is 2.57. The predicted molar refractivity (Wildman–Crippen MR) is 250 cm³/mol. The molecule has 0 radical (unpaired) electrons. The van der Waals surface area contributed by atoms with E-state index in [1.807, 2.05) is 22.7 Å². The first-order valence-electron chi connectivity index (χ1n) is 19.4. The first kappa shape index (κ1) is 32.5. The molecule has 2 aromatic heterocycles. The summed E-state index contributed by atoms with van der Waals surface area (Å²) in [7, 11) is 0. The van der Waals surface area contributed by atoms with Crippen molar-refractivity contribution in [1.29, 1.82) is 0 Å². The lowest BCUT2D eigenvalue weighted by atomic mass is 9.87. The lowest BCUT2D eigenvalue weighted by Crippen LogP contribution is -2.13. The Morgan fingerprint density at radius 1 is 0.316 bits per heavy atom. The highest BCUT2D eigenvalue weighted by Gasteiger charge is 2.26.